The highest BCUT2D eigenvalue weighted by Crippen LogP contribution is 2.35. The average molecular weight is 445 g/mol. The van der Waals surface area contributed by atoms with Gasteiger partial charge in [-0.2, -0.15) is 18.3 Å². The summed E-state index contributed by atoms with van der Waals surface area (Å²) in [4.78, 5) is 2.19. The fourth-order valence-corrected chi connectivity index (χ4v) is 4.01. The van der Waals surface area contributed by atoms with Crippen LogP contribution in [0.25, 0.3) is 10.8 Å². The van der Waals surface area contributed by atoms with Gasteiger partial charge in [0.05, 0.1) is 11.8 Å². The van der Waals surface area contributed by atoms with E-state index in [2.05, 4.69) is 34.5 Å². The van der Waals surface area contributed by atoms with Gasteiger partial charge in [-0.1, -0.05) is 12.1 Å². The van der Waals surface area contributed by atoms with Crippen molar-refractivity contribution in [3.8, 4) is 5.75 Å². The maximum absolute atomic E-state index is 13.3. The van der Waals surface area contributed by atoms with Gasteiger partial charge in [-0.05, 0) is 69.3 Å². The van der Waals surface area contributed by atoms with Crippen molar-refractivity contribution in [2.24, 2.45) is 5.73 Å². The predicted molar refractivity (Wildman–Crippen MR) is 117 cm³/mol. The lowest BCUT2D eigenvalue weighted by atomic mass is 9.88. The van der Waals surface area contributed by atoms with Gasteiger partial charge in [-0.25, -0.2) is 0 Å². The predicted octanol–water partition coefficient (Wildman–Crippen LogP) is 4.50. The molecule has 9 heteroatoms. The van der Waals surface area contributed by atoms with Crippen molar-refractivity contribution in [1.82, 2.24) is 15.1 Å². The molecule has 32 heavy (non-hydrogen) atoms. The monoisotopic (exact) mass is 445 g/mol. The summed E-state index contributed by atoms with van der Waals surface area (Å²) in [6.45, 7) is 1.42. The van der Waals surface area contributed by atoms with Crippen molar-refractivity contribution in [2.45, 2.75) is 44.3 Å². The molecule has 2 aromatic carbocycles. The minimum Gasteiger partial charge on any atom is -0.490 e. The van der Waals surface area contributed by atoms with E-state index in [9.17, 15) is 13.2 Å². The summed E-state index contributed by atoms with van der Waals surface area (Å²) in [6, 6.07) is 10.1. The summed E-state index contributed by atoms with van der Waals surface area (Å²) in [5.41, 5.74) is 5.96. The van der Waals surface area contributed by atoms with E-state index in [1.807, 2.05) is 18.2 Å². The summed E-state index contributed by atoms with van der Waals surface area (Å²) in [7, 11) is 4.12. The van der Waals surface area contributed by atoms with E-state index in [1.165, 1.54) is 13.0 Å². The van der Waals surface area contributed by atoms with Crippen molar-refractivity contribution >= 4 is 16.6 Å². The van der Waals surface area contributed by atoms with Gasteiger partial charge in [0.25, 0.3) is 0 Å². The van der Waals surface area contributed by atoms with Crippen LogP contribution in [0.2, 0.25) is 0 Å². The first-order valence-electron chi connectivity index (χ1n) is 10.4. The Morgan fingerprint density at radius 3 is 2.62 bits per heavy atom. The largest absolute Gasteiger partial charge is 0.490 e. The molecule has 0 unspecified atom stereocenters. The average Bonchev–Trinajstić information content (AvgIpc) is 2.69. The van der Waals surface area contributed by atoms with E-state index < -0.39 is 17.9 Å². The lowest BCUT2D eigenvalue weighted by Gasteiger charge is -2.39. The van der Waals surface area contributed by atoms with Crippen LogP contribution in [0.3, 0.4) is 0 Å². The Hall–Kier alpha value is -2.91. The van der Waals surface area contributed by atoms with Gasteiger partial charge in [0.1, 0.15) is 18.0 Å². The Labute approximate surface area is 184 Å². The molecular weight excluding hydrogens is 419 g/mol. The number of aromatic nitrogens is 2. The Morgan fingerprint density at radius 2 is 1.94 bits per heavy atom. The van der Waals surface area contributed by atoms with Crippen LogP contribution >= 0.6 is 0 Å². The van der Waals surface area contributed by atoms with Crippen molar-refractivity contribution in [2.75, 3.05) is 19.4 Å². The fraction of sp³-hybridized carbons (Fsp3) is 0.391. The number of benzene rings is 2. The van der Waals surface area contributed by atoms with Crippen molar-refractivity contribution < 1.29 is 17.9 Å². The number of ether oxygens (including phenoxy) is 1. The number of nitrogens with two attached hydrogens (primary N) is 1. The third-order valence-electron chi connectivity index (χ3n) is 6.05. The molecule has 1 aliphatic carbocycles. The van der Waals surface area contributed by atoms with E-state index in [1.54, 1.807) is 12.3 Å². The molecule has 3 N–H and O–H groups in total. The first kappa shape index (κ1) is 22.3. The summed E-state index contributed by atoms with van der Waals surface area (Å²) >= 11 is 0. The summed E-state index contributed by atoms with van der Waals surface area (Å²) < 4.78 is 45.9. The molecule has 1 heterocycles. The molecule has 0 aliphatic heterocycles. The number of nitrogens with zero attached hydrogens (tertiary/aromatic N) is 3. The molecule has 0 saturated heterocycles. The number of alkyl halides is 3. The first-order valence-corrected chi connectivity index (χ1v) is 10.4. The third-order valence-corrected chi connectivity index (χ3v) is 6.05. The van der Waals surface area contributed by atoms with Crippen LogP contribution in [-0.2, 0) is 6.18 Å². The molecule has 6 nitrogen and oxygen atoms in total. The molecule has 1 saturated carbocycles. The Balaban J connectivity index is 1.57. The lowest BCUT2D eigenvalue weighted by molar-refractivity contribution is -0.138. The molecule has 1 fully saturated rings. The van der Waals surface area contributed by atoms with Crippen LogP contribution in [0, 0.1) is 6.92 Å². The lowest BCUT2D eigenvalue weighted by Crippen LogP contribution is -2.46. The Morgan fingerprint density at radius 1 is 1.19 bits per heavy atom. The van der Waals surface area contributed by atoms with Crippen LogP contribution in [-0.4, -0.2) is 41.3 Å². The highest BCUT2D eigenvalue weighted by molar-refractivity contribution is 5.92. The van der Waals surface area contributed by atoms with Gasteiger partial charge in [0.15, 0.2) is 5.82 Å². The Bertz CT molecular complexity index is 1110. The van der Waals surface area contributed by atoms with Crippen LogP contribution in [0.15, 0.2) is 42.6 Å². The van der Waals surface area contributed by atoms with E-state index in [0.29, 0.717) is 23.2 Å². The topological polar surface area (TPSA) is 76.3 Å². The zero-order valence-corrected chi connectivity index (χ0v) is 18.1. The zero-order valence-electron chi connectivity index (χ0n) is 18.1. The maximum Gasteiger partial charge on any atom is 0.416 e. The van der Waals surface area contributed by atoms with E-state index in [0.717, 1.165) is 29.7 Å². The van der Waals surface area contributed by atoms with Crippen molar-refractivity contribution in [3.63, 3.8) is 0 Å². The molecular formula is C23H26F3N5O. The molecule has 170 valence electrons. The summed E-state index contributed by atoms with van der Waals surface area (Å²) in [5.74, 6) is 1.09. The maximum atomic E-state index is 13.3. The molecule has 0 bridgehead atoms. The van der Waals surface area contributed by atoms with E-state index in [-0.39, 0.29) is 11.7 Å². The second-order valence-corrected chi connectivity index (χ2v) is 8.41. The molecule has 1 atom stereocenters. The van der Waals surface area contributed by atoms with Gasteiger partial charge in [0, 0.05) is 16.8 Å². The molecule has 0 radical (unpaired) electrons. The van der Waals surface area contributed by atoms with Crippen molar-refractivity contribution in [1.29, 1.82) is 0 Å². The molecule has 0 spiro atoms. The van der Waals surface area contributed by atoms with Crippen LogP contribution in [0.1, 0.15) is 35.7 Å². The second kappa shape index (κ2) is 8.55. The van der Waals surface area contributed by atoms with Gasteiger partial charge < -0.3 is 20.7 Å². The Kier molecular flexibility index (Phi) is 5.96. The van der Waals surface area contributed by atoms with E-state index >= 15 is 0 Å². The van der Waals surface area contributed by atoms with Gasteiger partial charge in [-0.15, -0.1) is 5.10 Å². The number of anilines is 1. The van der Waals surface area contributed by atoms with Gasteiger partial charge >= 0.3 is 6.18 Å². The minimum absolute atomic E-state index is 0.0812. The quantitative estimate of drug-likeness (QED) is 0.544. The third kappa shape index (κ3) is 4.49. The normalized spacial score (nSPS) is 19.6. The number of hydrogen-bond acceptors (Lipinski definition) is 6. The number of halogens is 3. The highest BCUT2D eigenvalue weighted by atomic mass is 19.4. The molecule has 0 amide bonds. The van der Waals surface area contributed by atoms with Crippen molar-refractivity contribution in [3.05, 3.63) is 59.3 Å². The standard InChI is InChI=1S/C23H26F3N5O/c1-13-18(5-4-6-20(13)23(24,25)26)21(27)29-22-19-11-16(8-7-14(19)12-28-30-22)32-17-9-15(10-17)31(2)3/h4-8,11-12,15,17,21H,9-10,27H2,1-3H3,(H,29,30)/t15-,17-,21-/m0/s1. The fourth-order valence-electron chi connectivity index (χ4n) is 4.01. The van der Waals surface area contributed by atoms with E-state index in [4.69, 9.17) is 10.5 Å². The molecule has 4 rings (SSSR count). The number of nitrogens with one attached hydrogen (secondary N) is 1. The van der Waals surface area contributed by atoms with Crippen LogP contribution < -0.4 is 15.8 Å². The molecule has 3 aromatic rings. The smallest absolute Gasteiger partial charge is 0.416 e. The number of fused-ring (bicyclic) bond motifs is 1. The minimum atomic E-state index is -4.45. The summed E-state index contributed by atoms with van der Waals surface area (Å²) in [5, 5.41) is 12.7. The number of hydrogen-bond donors (Lipinski definition) is 2. The zero-order chi connectivity index (χ0) is 23.0. The number of rotatable bonds is 6. The van der Waals surface area contributed by atoms with Crippen LogP contribution in [0.4, 0.5) is 19.0 Å². The first-order chi connectivity index (χ1) is 15.1. The summed E-state index contributed by atoms with van der Waals surface area (Å²) in [6.07, 6.45) is -1.64. The molecule has 1 aromatic heterocycles. The highest BCUT2D eigenvalue weighted by Gasteiger charge is 2.34. The second-order valence-electron chi connectivity index (χ2n) is 8.41. The SMILES string of the molecule is Cc1c([C@@H](N)Nc2nncc3ccc(O[C@H]4C[C@H](N(C)C)C4)cc23)cccc1C(F)(F)F. The molecule has 1 aliphatic rings. The van der Waals surface area contributed by atoms with Crippen LogP contribution in [0.5, 0.6) is 5.75 Å². The van der Waals surface area contributed by atoms with Gasteiger partial charge in [0.2, 0.25) is 0 Å². The van der Waals surface area contributed by atoms with Gasteiger partial charge in [-0.3, -0.25) is 0 Å².